The van der Waals surface area contributed by atoms with Crippen LogP contribution in [0.4, 0.5) is 0 Å². The molecule has 0 saturated heterocycles. The smallest absolute Gasteiger partial charge is 0.230 e. The molecule has 0 spiro atoms. The maximum absolute atomic E-state index is 14.2. The van der Waals surface area contributed by atoms with Crippen LogP contribution in [0.1, 0.15) is 52.4 Å². The summed E-state index contributed by atoms with van der Waals surface area (Å²) in [7, 11) is -3.44. The molecule has 0 radical (unpaired) electrons. The SMILES string of the molecule is CC(C)c1cccc2sc3ccccc3c(=O)c12.Cc1cc(C)c(C(=O)P(=O)(c2ccccc2)c2ccccc2)c(C)c1. The fourth-order valence-corrected chi connectivity index (χ4v) is 9.42. The summed E-state index contributed by atoms with van der Waals surface area (Å²) in [5.41, 5.74) is 4.44. The molecule has 0 unspecified atom stereocenters. The van der Waals surface area contributed by atoms with Crippen LogP contribution in [0, 0.1) is 20.8 Å². The summed E-state index contributed by atoms with van der Waals surface area (Å²) >= 11 is 1.70. The molecule has 0 aliphatic carbocycles. The van der Waals surface area contributed by atoms with E-state index in [1.54, 1.807) is 35.6 Å². The highest BCUT2D eigenvalue weighted by atomic mass is 32.1. The number of carbonyl (C=O) groups excluding carboxylic acids is 1. The fraction of sp³-hybridized carbons (Fsp3) is 0.158. The Balaban J connectivity index is 0.000000180. The Morgan fingerprint density at radius 2 is 1.19 bits per heavy atom. The van der Waals surface area contributed by atoms with Crippen molar-refractivity contribution in [1.82, 2.24) is 0 Å². The second-order valence-electron chi connectivity index (χ2n) is 11.2. The van der Waals surface area contributed by atoms with Crippen LogP contribution in [0.5, 0.6) is 0 Å². The normalized spacial score (nSPS) is 11.4. The van der Waals surface area contributed by atoms with E-state index in [-0.39, 0.29) is 11.0 Å². The molecule has 216 valence electrons. The monoisotopic (exact) mass is 602 g/mol. The first kappa shape index (κ1) is 30.4. The van der Waals surface area contributed by atoms with E-state index in [9.17, 15) is 14.2 Å². The van der Waals surface area contributed by atoms with Gasteiger partial charge in [0.25, 0.3) is 0 Å². The van der Waals surface area contributed by atoms with Gasteiger partial charge in [0, 0.05) is 36.3 Å². The molecule has 5 aromatic carbocycles. The fourth-order valence-electron chi connectivity index (χ4n) is 5.69. The van der Waals surface area contributed by atoms with Gasteiger partial charge in [-0.15, -0.1) is 11.3 Å². The van der Waals surface area contributed by atoms with Crippen molar-refractivity contribution in [2.75, 3.05) is 0 Å². The molecule has 0 fully saturated rings. The van der Waals surface area contributed by atoms with Crippen molar-refractivity contribution in [2.24, 2.45) is 0 Å². The van der Waals surface area contributed by atoms with Gasteiger partial charge in [-0.1, -0.05) is 116 Å². The van der Waals surface area contributed by atoms with Crippen LogP contribution in [0.25, 0.3) is 20.2 Å². The summed E-state index contributed by atoms with van der Waals surface area (Å²) in [4.78, 5) is 26.2. The van der Waals surface area contributed by atoms with Gasteiger partial charge in [0.05, 0.1) is 0 Å². The molecule has 43 heavy (non-hydrogen) atoms. The van der Waals surface area contributed by atoms with Gasteiger partial charge in [-0.05, 0) is 61.6 Å². The average molecular weight is 603 g/mol. The summed E-state index contributed by atoms with van der Waals surface area (Å²) in [6.07, 6.45) is 0. The van der Waals surface area contributed by atoms with Gasteiger partial charge < -0.3 is 4.57 Å². The molecule has 0 N–H and O–H groups in total. The minimum Gasteiger partial charge on any atom is -0.305 e. The molecule has 3 nitrogen and oxygen atoms in total. The van der Waals surface area contributed by atoms with Gasteiger partial charge in [-0.25, -0.2) is 0 Å². The number of benzene rings is 5. The topological polar surface area (TPSA) is 51.2 Å². The number of hydrogen-bond acceptors (Lipinski definition) is 4. The van der Waals surface area contributed by atoms with E-state index in [2.05, 4.69) is 19.9 Å². The molecule has 5 heteroatoms. The summed E-state index contributed by atoms with van der Waals surface area (Å²) < 4.78 is 16.3. The number of hydrogen-bond donors (Lipinski definition) is 0. The summed E-state index contributed by atoms with van der Waals surface area (Å²) in [6.45, 7) is 10.1. The molecule has 0 atom stereocenters. The lowest BCUT2D eigenvalue weighted by molar-refractivity contribution is 0.107. The molecule has 6 aromatic rings. The largest absolute Gasteiger partial charge is 0.305 e. The van der Waals surface area contributed by atoms with Gasteiger partial charge >= 0.3 is 0 Å². The zero-order chi connectivity index (χ0) is 30.7. The van der Waals surface area contributed by atoms with Crippen molar-refractivity contribution in [3.05, 3.63) is 153 Å². The average Bonchev–Trinajstić information content (AvgIpc) is 3.01. The Hall–Kier alpha value is -4.11. The summed E-state index contributed by atoms with van der Waals surface area (Å²) in [5.74, 6) is 0.370. The first-order valence-electron chi connectivity index (χ1n) is 14.4. The minimum atomic E-state index is -3.44. The second kappa shape index (κ2) is 12.6. The Morgan fingerprint density at radius 3 is 1.74 bits per heavy atom. The number of aryl methyl sites for hydroxylation is 3. The van der Waals surface area contributed by atoms with Crippen LogP contribution in [0.2, 0.25) is 0 Å². The molecule has 0 amide bonds. The van der Waals surface area contributed by atoms with Crippen LogP contribution in [-0.4, -0.2) is 5.52 Å². The lowest BCUT2D eigenvalue weighted by atomic mass is 9.98. The van der Waals surface area contributed by atoms with Gasteiger partial charge in [0.2, 0.25) is 12.7 Å². The summed E-state index contributed by atoms with van der Waals surface area (Å²) in [5, 5.41) is 2.88. The molecular formula is C38H35O3PS. The van der Waals surface area contributed by atoms with E-state index in [1.807, 2.05) is 106 Å². The second-order valence-corrected chi connectivity index (χ2v) is 14.9. The molecular weight excluding hydrogens is 567 g/mol. The van der Waals surface area contributed by atoms with Crippen molar-refractivity contribution in [3.8, 4) is 0 Å². The lowest BCUT2D eigenvalue weighted by Crippen LogP contribution is -2.23. The van der Waals surface area contributed by atoms with E-state index in [0.29, 0.717) is 22.1 Å². The van der Waals surface area contributed by atoms with E-state index in [1.165, 1.54) is 0 Å². The molecule has 0 aliphatic heterocycles. The third-order valence-electron chi connectivity index (χ3n) is 7.68. The standard InChI is InChI=1S/C22H21O2P.C16H14OS/c1-16-14-17(2)21(18(3)15-16)22(23)25(24,19-10-6-4-7-11-19)20-12-8-5-9-13-20;1-10(2)11-7-5-9-14-15(11)16(17)12-6-3-4-8-13(12)18-14/h4-15H,1-3H3;3-10H,1-2H3. The maximum atomic E-state index is 14.2. The lowest BCUT2D eigenvalue weighted by Gasteiger charge is -2.20. The van der Waals surface area contributed by atoms with Gasteiger partial charge in [-0.2, -0.15) is 0 Å². The Morgan fingerprint density at radius 1 is 0.674 bits per heavy atom. The van der Waals surface area contributed by atoms with Crippen molar-refractivity contribution in [1.29, 1.82) is 0 Å². The zero-order valence-corrected chi connectivity index (χ0v) is 26.8. The Kier molecular flexibility index (Phi) is 8.92. The Labute approximate surface area is 257 Å². The number of carbonyl (C=O) groups is 1. The van der Waals surface area contributed by atoms with Crippen molar-refractivity contribution < 1.29 is 9.36 Å². The van der Waals surface area contributed by atoms with Crippen LogP contribution >= 0.6 is 18.5 Å². The predicted octanol–water partition coefficient (Wildman–Crippen LogP) is 9.30. The predicted molar refractivity (Wildman–Crippen MR) is 184 cm³/mol. The Bertz CT molecular complexity index is 1980. The van der Waals surface area contributed by atoms with Gasteiger partial charge in [0.1, 0.15) is 0 Å². The van der Waals surface area contributed by atoms with Crippen LogP contribution in [-0.2, 0) is 4.57 Å². The maximum Gasteiger partial charge on any atom is 0.230 e. The molecule has 1 heterocycles. The van der Waals surface area contributed by atoms with E-state index in [0.717, 1.165) is 42.4 Å². The van der Waals surface area contributed by atoms with Gasteiger partial charge in [0.15, 0.2) is 5.43 Å². The van der Waals surface area contributed by atoms with Gasteiger partial charge in [-0.3, -0.25) is 9.59 Å². The van der Waals surface area contributed by atoms with Crippen molar-refractivity contribution in [3.63, 3.8) is 0 Å². The third-order valence-corrected chi connectivity index (χ3v) is 11.7. The zero-order valence-electron chi connectivity index (χ0n) is 25.1. The molecule has 1 aromatic heterocycles. The van der Waals surface area contributed by atoms with E-state index in [4.69, 9.17) is 0 Å². The van der Waals surface area contributed by atoms with Crippen molar-refractivity contribution >= 4 is 54.8 Å². The first-order valence-corrected chi connectivity index (χ1v) is 16.9. The van der Waals surface area contributed by atoms with E-state index < -0.39 is 7.14 Å². The summed E-state index contributed by atoms with van der Waals surface area (Å²) in [6, 6.07) is 36.1. The van der Waals surface area contributed by atoms with Crippen LogP contribution in [0.15, 0.2) is 120 Å². The highest BCUT2D eigenvalue weighted by Gasteiger charge is 2.37. The third kappa shape index (κ3) is 5.91. The molecule has 6 rings (SSSR count). The molecule has 0 aliphatic rings. The number of rotatable bonds is 5. The van der Waals surface area contributed by atoms with Crippen molar-refractivity contribution in [2.45, 2.75) is 40.5 Å². The highest BCUT2D eigenvalue weighted by Crippen LogP contribution is 2.48. The molecule has 0 bridgehead atoms. The minimum absolute atomic E-state index is 0.170. The first-order chi connectivity index (χ1) is 20.6. The van der Waals surface area contributed by atoms with Crippen LogP contribution in [0.3, 0.4) is 0 Å². The highest BCUT2D eigenvalue weighted by molar-refractivity contribution is 7.93. The quantitative estimate of drug-likeness (QED) is 0.146. The molecule has 0 saturated carbocycles. The number of fused-ring (bicyclic) bond motifs is 2. The van der Waals surface area contributed by atoms with E-state index >= 15 is 0 Å². The van der Waals surface area contributed by atoms with Crippen LogP contribution < -0.4 is 16.0 Å².